The molecule has 0 bridgehead atoms. The molecule has 0 spiro atoms. The number of allylic oxidation sites excluding steroid dienone is 1. The van der Waals surface area contributed by atoms with E-state index in [0.717, 1.165) is 0 Å². The van der Waals surface area contributed by atoms with Crippen LogP contribution < -0.4 is 25.9 Å². The van der Waals surface area contributed by atoms with Crippen LogP contribution in [0.5, 0.6) is 11.6 Å². The second-order valence-corrected chi connectivity index (χ2v) is 9.77. The van der Waals surface area contributed by atoms with Crippen LogP contribution in [0, 0.1) is 11.6 Å². The molecule has 5 rings (SSSR count). The van der Waals surface area contributed by atoms with Gasteiger partial charge in [0, 0.05) is 36.5 Å². The van der Waals surface area contributed by atoms with E-state index in [4.69, 9.17) is 28.6 Å². The molecule has 39 heavy (non-hydrogen) atoms. The van der Waals surface area contributed by atoms with Gasteiger partial charge >= 0.3 is 0 Å². The molecular weight excluding hydrogens is 538 g/mol. The normalized spacial score (nSPS) is 19.9. The predicted molar refractivity (Wildman–Crippen MR) is 136 cm³/mol. The standard InChI is InChI=1S/C26H25ClF2N4O6/c1-26(2,36)15-4-3-5-32(24(15)34)21-9-18-20(12-31-21)37-6-7-38-22-10-19(23(27)25(35)33(18)22)39-13-17-16(29)8-14(28)11-30-17/h3-5,8,10-12,18,21,31,36H,6-7,9,13H2,1-2H3/t18-,21+/m1/s1/i13D2. The highest BCUT2D eigenvalue weighted by molar-refractivity contribution is 6.31. The minimum Gasteiger partial charge on any atom is -0.491 e. The molecular formula is C26H25ClF2N4O6. The molecule has 13 heteroatoms. The van der Waals surface area contributed by atoms with Gasteiger partial charge in [-0.1, -0.05) is 11.6 Å². The lowest BCUT2D eigenvalue weighted by Crippen LogP contribution is -2.42. The van der Waals surface area contributed by atoms with Crippen LogP contribution in [0.1, 0.15) is 46.5 Å². The average molecular weight is 565 g/mol. The quantitative estimate of drug-likeness (QED) is 0.485. The Kier molecular flexibility index (Phi) is 6.41. The Labute approximate surface area is 228 Å². The number of nitrogens with zero attached hydrogens (tertiary/aromatic N) is 3. The third-order valence-corrected chi connectivity index (χ3v) is 6.60. The maximum atomic E-state index is 14.3. The van der Waals surface area contributed by atoms with Crippen LogP contribution in [0.4, 0.5) is 8.78 Å². The van der Waals surface area contributed by atoms with E-state index in [-0.39, 0.29) is 31.1 Å². The van der Waals surface area contributed by atoms with Crippen LogP contribution >= 0.6 is 11.6 Å². The maximum Gasteiger partial charge on any atom is 0.276 e. The van der Waals surface area contributed by atoms with Crippen molar-refractivity contribution in [2.75, 3.05) is 13.2 Å². The van der Waals surface area contributed by atoms with E-state index in [1.807, 2.05) is 0 Å². The Hall–Kier alpha value is -3.90. The van der Waals surface area contributed by atoms with Crippen molar-refractivity contribution in [2.45, 2.75) is 44.6 Å². The molecule has 0 amide bonds. The van der Waals surface area contributed by atoms with Gasteiger partial charge in [-0.2, -0.15) is 0 Å². The van der Waals surface area contributed by atoms with E-state index in [0.29, 0.717) is 18.0 Å². The van der Waals surface area contributed by atoms with Gasteiger partial charge < -0.3 is 24.6 Å². The first-order valence-electron chi connectivity index (χ1n) is 12.9. The number of nitrogens with one attached hydrogen (secondary N) is 1. The van der Waals surface area contributed by atoms with E-state index in [1.165, 1.54) is 41.3 Å². The molecule has 0 aromatic carbocycles. The maximum absolute atomic E-state index is 14.3. The van der Waals surface area contributed by atoms with Crippen LogP contribution in [-0.4, -0.2) is 32.4 Å². The minimum absolute atomic E-state index is 0.00211. The van der Waals surface area contributed by atoms with E-state index >= 15 is 0 Å². The number of hydrogen-bond donors (Lipinski definition) is 2. The number of rotatable bonds is 5. The molecule has 3 aromatic rings. The Morgan fingerprint density at radius 1 is 1.28 bits per heavy atom. The zero-order valence-corrected chi connectivity index (χ0v) is 21.5. The first kappa shape index (κ1) is 24.2. The molecule has 206 valence electrons. The van der Waals surface area contributed by atoms with Crippen molar-refractivity contribution in [1.29, 1.82) is 0 Å². The average Bonchev–Trinajstić information content (AvgIpc) is 2.87. The Morgan fingerprint density at radius 2 is 2.05 bits per heavy atom. The third kappa shape index (κ3) is 5.21. The number of aliphatic hydroxyl groups is 1. The van der Waals surface area contributed by atoms with Crippen molar-refractivity contribution in [1.82, 2.24) is 19.4 Å². The number of pyridine rings is 3. The summed E-state index contributed by atoms with van der Waals surface area (Å²) in [5.74, 6) is -2.44. The molecule has 2 aliphatic heterocycles. The molecule has 0 aliphatic carbocycles. The van der Waals surface area contributed by atoms with Crippen molar-refractivity contribution < 1.29 is 30.8 Å². The summed E-state index contributed by atoms with van der Waals surface area (Å²) in [6.07, 6.45) is 3.15. The monoisotopic (exact) mass is 564 g/mol. The van der Waals surface area contributed by atoms with E-state index < -0.39 is 63.6 Å². The Balaban J connectivity index is 1.54. The molecule has 3 aromatic heterocycles. The number of halogens is 3. The molecule has 0 saturated heterocycles. The van der Waals surface area contributed by atoms with Gasteiger partial charge in [0.2, 0.25) is 5.88 Å². The first-order chi connectivity index (χ1) is 19.3. The highest BCUT2D eigenvalue weighted by Gasteiger charge is 2.34. The minimum atomic E-state index is -2.94. The molecule has 10 nitrogen and oxygen atoms in total. The van der Waals surface area contributed by atoms with Gasteiger partial charge in [-0.3, -0.25) is 23.7 Å². The number of hydrogen-bond acceptors (Lipinski definition) is 8. The van der Waals surface area contributed by atoms with Gasteiger partial charge in [0.25, 0.3) is 11.1 Å². The highest BCUT2D eigenvalue weighted by atomic mass is 35.5. The predicted octanol–water partition coefficient (Wildman–Crippen LogP) is 3.13. The van der Waals surface area contributed by atoms with Crippen LogP contribution in [0.15, 0.2) is 58.2 Å². The second-order valence-electron chi connectivity index (χ2n) is 9.39. The lowest BCUT2D eigenvalue weighted by Gasteiger charge is -2.35. The van der Waals surface area contributed by atoms with E-state index in [9.17, 15) is 23.5 Å². The molecule has 0 radical (unpaired) electrons. The lowest BCUT2D eigenvalue weighted by molar-refractivity contribution is 0.0751. The zero-order chi connectivity index (χ0) is 29.7. The number of ether oxygens (including phenoxy) is 3. The van der Waals surface area contributed by atoms with Crippen molar-refractivity contribution in [3.63, 3.8) is 0 Å². The number of aromatic nitrogens is 3. The summed E-state index contributed by atoms with van der Waals surface area (Å²) in [6, 6.07) is 3.97. The molecule has 5 heterocycles. The molecule has 0 fully saturated rings. The van der Waals surface area contributed by atoms with E-state index in [1.54, 1.807) is 12.3 Å². The first-order valence-corrected chi connectivity index (χ1v) is 12.3. The topological polar surface area (TPSA) is 117 Å². The highest BCUT2D eigenvalue weighted by Crippen LogP contribution is 2.37. The molecule has 0 unspecified atom stereocenters. The van der Waals surface area contributed by atoms with Crippen molar-refractivity contribution in [3.8, 4) is 11.6 Å². The van der Waals surface area contributed by atoms with Crippen LogP contribution in [0.3, 0.4) is 0 Å². The van der Waals surface area contributed by atoms with Gasteiger partial charge in [0.1, 0.15) is 60.0 Å². The van der Waals surface area contributed by atoms with E-state index in [2.05, 4.69) is 10.3 Å². The van der Waals surface area contributed by atoms with Crippen molar-refractivity contribution in [3.05, 3.63) is 97.2 Å². The summed E-state index contributed by atoms with van der Waals surface area (Å²) in [7, 11) is 0. The fourth-order valence-corrected chi connectivity index (χ4v) is 4.58. The summed E-state index contributed by atoms with van der Waals surface area (Å²) < 4.78 is 63.3. The summed E-state index contributed by atoms with van der Waals surface area (Å²) in [4.78, 5) is 30.2. The molecule has 2 N–H and O–H groups in total. The third-order valence-electron chi connectivity index (χ3n) is 6.26. The fraction of sp³-hybridized carbons (Fsp3) is 0.346. The molecule has 0 saturated carbocycles. The van der Waals surface area contributed by atoms with Crippen molar-refractivity contribution >= 4 is 11.6 Å². The SMILES string of the molecule is [2H]C([2H])(Oc1cc2n(c(=O)c1Cl)[C@@H]1C[C@H](n3cccc(C(C)(C)O)c3=O)NC=C1OCCO2)c1ncc(F)cc1F. The Morgan fingerprint density at radius 3 is 2.79 bits per heavy atom. The number of fused-ring (bicyclic) bond motifs is 3. The van der Waals surface area contributed by atoms with Gasteiger partial charge in [-0.15, -0.1) is 0 Å². The lowest BCUT2D eigenvalue weighted by atomic mass is 9.99. The van der Waals surface area contributed by atoms with Gasteiger partial charge in [0.15, 0.2) is 5.82 Å². The summed E-state index contributed by atoms with van der Waals surface area (Å²) >= 11 is 6.35. The van der Waals surface area contributed by atoms with Crippen LogP contribution in [0.25, 0.3) is 0 Å². The summed E-state index contributed by atoms with van der Waals surface area (Å²) in [5, 5.41) is 13.0. The largest absolute Gasteiger partial charge is 0.491 e. The summed E-state index contributed by atoms with van der Waals surface area (Å²) in [6.45, 7) is 0.167. The Bertz CT molecular complexity index is 1660. The smallest absolute Gasteiger partial charge is 0.276 e. The van der Waals surface area contributed by atoms with Gasteiger partial charge in [-0.25, -0.2) is 8.78 Å². The van der Waals surface area contributed by atoms with Crippen LogP contribution in [0.2, 0.25) is 5.02 Å². The van der Waals surface area contributed by atoms with Gasteiger partial charge in [-0.05, 0) is 26.0 Å². The van der Waals surface area contributed by atoms with Crippen molar-refractivity contribution in [2.24, 2.45) is 0 Å². The van der Waals surface area contributed by atoms with Gasteiger partial charge in [0.05, 0.1) is 14.5 Å². The van der Waals surface area contributed by atoms with Crippen LogP contribution in [-0.2, 0) is 16.9 Å². The second kappa shape index (κ2) is 10.3. The molecule has 2 atom stereocenters. The summed E-state index contributed by atoms with van der Waals surface area (Å²) in [5.41, 5.74) is -3.32. The fourth-order valence-electron chi connectivity index (χ4n) is 4.39. The molecule has 2 aliphatic rings. The zero-order valence-electron chi connectivity index (χ0n) is 22.8.